The number of fused-ring (bicyclic) bond motifs is 5. The standard InChI is InChI=1S/C31H53N9O6S/c1-21(6-5-14-46-47(4,41)42)24-7-8-25-29-26(20-28(31(24,25)3)45-17-13-37-40-34)30(2)10-9-23(43-15-11-35-38-32)18-22(30)19-27(29)44-16-12-36-39-33/h21-29H,5-20H2,1-4H3. The Kier molecular flexibility index (Phi) is 13.5. The molecule has 4 aliphatic carbocycles. The molecule has 16 heteroatoms. The molecule has 0 radical (unpaired) electrons. The number of hydrogen-bond acceptors (Lipinski definition) is 9. The van der Waals surface area contributed by atoms with E-state index in [2.05, 4.69) is 50.8 Å². The van der Waals surface area contributed by atoms with Gasteiger partial charge >= 0.3 is 0 Å². The van der Waals surface area contributed by atoms with E-state index in [4.69, 9.17) is 35.0 Å². The Balaban J connectivity index is 1.62. The minimum Gasteiger partial charge on any atom is -0.378 e. The molecule has 4 rings (SSSR count). The summed E-state index contributed by atoms with van der Waals surface area (Å²) in [4.78, 5) is 8.70. The van der Waals surface area contributed by atoms with Gasteiger partial charge < -0.3 is 14.2 Å². The summed E-state index contributed by atoms with van der Waals surface area (Å²) in [5, 5.41) is 11.1. The van der Waals surface area contributed by atoms with Gasteiger partial charge in [0, 0.05) is 39.8 Å². The van der Waals surface area contributed by atoms with E-state index < -0.39 is 10.1 Å². The fourth-order valence-corrected chi connectivity index (χ4v) is 10.7. The highest BCUT2D eigenvalue weighted by molar-refractivity contribution is 7.85. The highest BCUT2D eigenvalue weighted by atomic mass is 32.2. The van der Waals surface area contributed by atoms with Crippen LogP contribution in [-0.2, 0) is 28.5 Å². The summed E-state index contributed by atoms with van der Waals surface area (Å²) in [6, 6.07) is 0. The van der Waals surface area contributed by atoms with E-state index in [1.54, 1.807) is 0 Å². The first-order valence-corrected chi connectivity index (χ1v) is 19.0. The Morgan fingerprint density at radius 3 is 2.11 bits per heavy atom. The van der Waals surface area contributed by atoms with E-state index in [9.17, 15) is 8.42 Å². The van der Waals surface area contributed by atoms with Crippen molar-refractivity contribution in [3.05, 3.63) is 31.3 Å². The second-order valence-corrected chi connectivity index (χ2v) is 16.2. The van der Waals surface area contributed by atoms with Crippen LogP contribution in [0.5, 0.6) is 0 Å². The van der Waals surface area contributed by atoms with Gasteiger partial charge in [0.05, 0.1) is 51.0 Å². The second-order valence-electron chi connectivity index (χ2n) is 14.6. The largest absolute Gasteiger partial charge is 0.378 e. The first-order valence-electron chi connectivity index (χ1n) is 17.2. The molecule has 4 aliphatic rings. The van der Waals surface area contributed by atoms with Gasteiger partial charge in [0.2, 0.25) is 0 Å². The van der Waals surface area contributed by atoms with E-state index in [-0.39, 0.29) is 42.3 Å². The van der Waals surface area contributed by atoms with Crippen molar-refractivity contribution in [2.75, 3.05) is 52.3 Å². The molecular formula is C31H53N9O6S. The molecule has 47 heavy (non-hydrogen) atoms. The van der Waals surface area contributed by atoms with Crippen LogP contribution >= 0.6 is 0 Å². The quantitative estimate of drug-likeness (QED) is 0.0474. The zero-order chi connectivity index (χ0) is 34.1. The lowest BCUT2D eigenvalue weighted by Crippen LogP contribution is -2.63. The molecule has 0 spiro atoms. The normalized spacial score (nSPS) is 36.9. The van der Waals surface area contributed by atoms with Crippen LogP contribution in [0.25, 0.3) is 31.3 Å². The van der Waals surface area contributed by atoms with Gasteiger partial charge in [-0.3, -0.25) is 4.18 Å². The third kappa shape index (κ3) is 8.85. The lowest BCUT2D eigenvalue weighted by molar-refractivity contribution is -0.226. The summed E-state index contributed by atoms with van der Waals surface area (Å²) >= 11 is 0. The summed E-state index contributed by atoms with van der Waals surface area (Å²) in [6.45, 7) is 9.37. The molecule has 0 amide bonds. The molecule has 264 valence electrons. The monoisotopic (exact) mass is 679 g/mol. The van der Waals surface area contributed by atoms with Crippen molar-refractivity contribution in [1.29, 1.82) is 0 Å². The first kappa shape index (κ1) is 37.5. The maximum absolute atomic E-state index is 11.5. The molecule has 0 aliphatic heterocycles. The number of azide groups is 3. The molecule has 0 heterocycles. The SMILES string of the molecule is CC(CCCOS(C)(=O)=O)C1CCC2C3C(OCCN=[N+]=[N-])CC4CC(OCCN=[N+]=[N-])CCC4(C)C3CC(OCCN=[N+]=[N-])C12C. The molecule has 0 aromatic carbocycles. The Morgan fingerprint density at radius 1 is 0.830 bits per heavy atom. The van der Waals surface area contributed by atoms with Gasteiger partial charge in [0.15, 0.2) is 0 Å². The molecular weight excluding hydrogens is 626 g/mol. The van der Waals surface area contributed by atoms with Crippen molar-refractivity contribution in [3.8, 4) is 0 Å². The fraction of sp³-hybridized carbons (Fsp3) is 1.00. The van der Waals surface area contributed by atoms with Crippen LogP contribution in [0.2, 0.25) is 0 Å². The summed E-state index contributed by atoms with van der Waals surface area (Å²) in [6.07, 6.45) is 9.53. The lowest BCUT2D eigenvalue weighted by atomic mass is 9.43. The van der Waals surface area contributed by atoms with Gasteiger partial charge in [-0.1, -0.05) is 36.1 Å². The van der Waals surface area contributed by atoms with Crippen molar-refractivity contribution in [3.63, 3.8) is 0 Å². The van der Waals surface area contributed by atoms with Crippen LogP contribution in [0.3, 0.4) is 0 Å². The molecule has 11 atom stereocenters. The Bertz CT molecular complexity index is 1300. The predicted molar refractivity (Wildman–Crippen MR) is 176 cm³/mol. The van der Waals surface area contributed by atoms with Gasteiger partial charge in [-0.15, -0.1) is 0 Å². The molecule has 4 saturated carbocycles. The summed E-state index contributed by atoms with van der Waals surface area (Å²) in [7, 11) is -3.47. The average molecular weight is 680 g/mol. The highest BCUT2D eigenvalue weighted by Crippen LogP contribution is 2.69. The fourth-order valence-electron chi connectivity index (χ4n) is 10.3. The van der Waals surface area contributed by atoms with Crippen molar-refractivity contribution >= 4 is 10.1 Å². The minimum absolute atomic E-state index is 0.0135. The van der Waals surface area contributed by atoms with Gasteiger partial charge in [-0.05, 0) is 115 Å². The van der Waals surface area contributed by atoms with Gasteiger partial charge in [-0.2, -0.15) is 8.42 Å². The highest BCUT2D eigenvalue weighted by Gasteiger charge is 2.66. The molecule has 0 bridgehead atoms. The summed E-state index contributed by atoms with van der Waals surface area (Å²) < 4.78 is 47.7. The second kappa shape index (κ2) is 16.9. The number of ether oxygens (including phenoxy) is 3. The number of nitrogens with zero attached hydrogens (tertiary/aromatic N) is 9. The topological polar surface area (TPSA) is 217 Å². The van der Waals surface area contributed by atoms with Gasteiger partial charge in [0.25, 0.3) is 10.1 Å². The van der Waals surface area contributed by atoms with E-state index >= 15 is 0 Å². The minimum atomic E-state index is -3.47. The molecule has 0 saturated heterocycles. The summed E-state index contributed by atoms with van der Waals surface area (Å²) in [5.74, 6) is 2.11. The molecule has 0 aromatic rings. The third-order valence-electron chi connectivity index (χ3n) is 12.3. The van der Waals surface area contributed by atoms with Crippen LogP contribution in [0, 0.1) is 46.3 Å². The van der Waals surface area contributed by atoms with Crippen LogP contribution in [0.15, 0.2) is 15.3 Å². The predicted octanol–water partition coefficient (Wildman–Crippen LogP) is 7.34. The van der Waals surface area contributed by atoms with E-state index in [1.807, 2.05) is 0 Å². The lowest BCUT2D eigenvalue weighted by Gasteiger charge is -2.64. The van der Waals surface area contributed by atoms with Gasteiger partial charge in [0.1, 0.15) is 0 Å². The van der Waals surface area contributed by atoms with Crippen molar-refractivity contribution in [1.82, 2.24) is 0 Å². The van der Waals surface area contributed by atoms with Crippen LogP contribution in [0.4, 0.5) is 0 Å². The van der Waals surface area contributed by atoms with E-state index in [0.29, 0.717) is 74.8 Å². The van der Waals surface area contributed by atoms with Crippen molar-refractivity contribution in [2.45, 2.75) is 96.9 Å². The van der Waals surface area contributed by atoms with E-state index in [1.165, 1.54) is 0 Å². The van der Waals surface area contributed by atoms with Crippen LogP contribution in [0.1, 0.15) is 78.6 Å². The third-order valence-corrected chi connectivity index (χ3v) is 12.9. The van der Waals surface area contributed by atoms with Crippen LogP contribution in [-0.4, -0.2) is 79.0 Å². The zero-order valence-corrected chi connectivity index (χ0v) is 29.2. The first-order chi connectivity index (χ1) is 22.5. The Hall–Kier alpha value is -2.28. The molecule has 0 N–H and O–H groups in total. The number of rotatable bonds is 18. The van der Waals surface area contributed by atoms with Gasteiger partial charge in [-0.25, -0.2) is 0 Å². The molecule has 15 nitrogen and oxygen atoms in total. The van der Waals surface area contributed by atoms with Crippen molar-refractivity contribution < 1.29 is 26.8 Å². The average Bonchev–Trinajstić information content (AvgIpc) is 3.39. The number of hydrogen-bond donors (Lipinski definition) is 0. The molecule has 11 unspecified atom stereocenters. The zero-order valence-electron chi connectivity index (χ0n) is 28.4. The Morgan fingerprint density at radius 2 is 1.47 bits per heavy atom. The smallest absolute Gasteiger partial charge is 0.264 e. The van der Waals surface area contributed by atoms with E-state index in [0.717, 1.165) is 57.6 Å². The summed E-state index contributed by atoms with van der Waals surface area (Å²) in [5.41, 5.74) is 26.4. The Labute approximate surface area is 278 Å². The maximum Gasteiger partial charge on any atom is 0.264 e. The molecule has 4 fully saturated rings. The maximum atomic E-state index is 11.5. The van der Waals surface area contributed by atoms with Crippen molar-refractivity contribution in [2.24, 2.45) is 61.7 Å². The molecule has 0 aromatic heterocycles. The van der Waals surface area contributed by atoms with Crippen LogP contribution < -0.4 is 0 Å².